The molecule has 0 amide bonds. The molecule has 4 nitrogen and oxygen atoms in total. The van der Waals surface area contributed by atoms with Crippen LogP contribution in [0.1, 0.15) is 11.3 Å². The molecule has 0 spiro atoms. The van der Waals surface area contributed by atoms with Crippen LogP contribution in [0.5, 0.6) is 5.75 Å². The quantitative estimate of drug-likeness (QED) is 0.466. The van der Waals surface area contributed by atoms with Gasteiger partial charge in [-0.2, -0.15) is 5.26 Å². The Kier molecular flexibility index (Phi) is 4.72. The molecule has 4 aromatic rings. The second-order valence-corrected chi connectivity index (χ2v) is 6.73. The van der Waals surface area contributed by atoms with Crippen molar-refractivity contribution in [1.82, 2.24) is 9.55 Å². The van der Waals surface area contributed by atoms with Crippen LogP contribution in [0.2, 0.25) is 5.02 Å². The van der Waals surface area contributed by atoms with Crippen LogP contribution in [0.15, 0.2) is 60.8 Å². The number of halogens is 2. The van der Waals surface area contributed by atoms with Crippen LogP contribution in [-0.4, -0.2) is 16.7 Å². The van der Waals surface area contributed by atoms with Gasteiger partial charge in [-0.3, -0.25) is 0 Å². The molecule has 138 valence electrons. The molecule has 2 heterocycles. The summed E-state index contributed by atoms with van der Waals surface area (Å²) < 4.78 is 21.2. The predicted octanol–water partition coefficient (Wildman–Crippen LogP) is 5.42. The summed E-state index contributed by atoms with van der Waals surface area (Å²) in [5, 5.41) is 10.1. The molecular weight excluding hydrogens is 377 g/mol. The van der Waals surface area contributed by atoms with Crippen molar-refractivity contribution in [1.29, 1.82) is 5.26 Å². The Labute approximate surface area is 166 Å². The first kappa shape index (κ1) is 18.0. The highest BCUT2D eigenvalue weighted by Crippen LogP contribution is 2.32. The molecule has 0 aliphatic carbocycles. The molecule has 6 heteroatoms. The summed E-state index contributed by atoms with van der Waals surface area (Å²) in [6.45, 7) is 0.554. The van der Waals surface area contributed by atoms with E-state index in [-0.39, 0.29) is 5.02 Å². The number of ether oxygens (including phenoxy) is 1. The van der Waals surface area contributed by atoms with Gasteiger partial charge in [-0.25, -0.2) is 9.37 Å². The standard InChI is InChI=1S/C22H15ClFN3O/c1-28-17-6-2-14(3-7-17)12-27-13-19(15-4-9-20(23)21(24)10-15)18-8-5-16(11-25)26-22(18)27/h2-10,13H,12H2,1H3. The fourth-order valence-corrected chi connectivity index (χ4v) is 3.29. The first-order chi connectivity index (χ1) is 13.6. The number of nitrogens with zero attached hydrogens (tertiary/aromatic N) is 3. The summed E-state index contributed by atoms with van der Waals surface area (Å²) >= 11 is 5.82. The van der Waals surface area contributed by atoms with Crippen molar-refractivity contribution in [2.75, 3.05) is 7.11 Å². The monoisotopic (exact) mass is 391 g/mol. The van der Waals surface area contributed by atoms with E-state index in [2.05, 4.69) is 11.1 Å². The molecule has 2 aromatic heterocycles. The minimum Gasteiger partial charge on any atom is -0.497 e. The van der Waals surface area contributed by atoms with E-state index in [1.165, 1.54) is 12.1 Å². The molecule has 0 bridgehead atoms. The fraction of sp³-hybridized carbons (Fsp3) is 0.0909. The van der Waals surface area contributed by atoms with Crippen molar-refractivity contribution in [3.63, 3.8) is 0 Å². The van der Waals surface area contributed by atoms with Crippen LogP contribution in [0.4, 0.5) is 4.39 Å². The van der Waals surface area contributed by atoms with Crippen LogP contribution in [0, 0.1) is 17.1 Å². The largest absolute Gasteiger partial charge is 0.497 e. The lowest BCUT2D eigenvalue weighted by Crippen LogP contribution is -2.00. The van der Waals surface area contributed by atoms with Gasteiger partial charge in [0.1, 0.15) is 29.0 Å². The molecule has 0 aliphatic rings. The van der Waals surface area contributed by atoms with E-state index in [9.17, 15) is 9.65 Å². The third-order valence-corrected chi connectivity index (χ3v) is 4.89. The van der Waals surface area contributed by atoms with Gasteiger partial charge in [-0.05, 0) is 47.5 Å². The van der Waals surface area contributed by atoms with Gasteiger partial charge in [0.05, 0.1) is 12.1 Å². The van der Waals surface area contributed by atoms with Crippen molar-refractivity contribution < 1.29 is 9.13 Å². The van der Waals surface area contributed by atoms with Gasteiger partial charge in [0.25, 0.3) is 0 Å². The van der Waals surface area contributed by atoms with E-state index in [0.29, 0.717) is 23.4 Å². The van der Waals surface area contributed by atoms with Gasteiger partial charge < -0.3 is 9.30 Å². The lowest BCUT2D eigenvalue weighted by molar-refractivity contribution is 0.414. The Hall–Kier alpha value is -3.36. The minimum absolute atomic E-state index is 0.0793. The van der Waals surface area contributed by atoms with Gasteiger partial charge in [0, 0.05) is 23.7 Å². The van der Waals surface area contributed by atoms with E-state index in [1.807, 2.05) is 41.1 Å². The molecule has 2 aromatic carbocycles. The Morgan fingerprint density at radius 3 is 2.61 bits per heavy atom. The van der Waals surface area contributed by atoms with E-state index in [0.717, 1.165) is 22.3 Å². The van der Waals surface area contributed by atoms with Crippen molar-refractivity contribution >= 4 is 22.6 Å². The van der Waals surface area contributed by atoms with Crippen molar-refractivity contribution in [2.45, 2.75) is 6.54 Å². The molecule has 28 heavy (non-hydrogen) atoms. The van der Waals surface area contributed by atoms with Crippen LogP contribution in [0.3, 0.4) is 0 Å². The lowest BCUT2D eigenvalue weighted by Gasteiger charge is -2.06. The van der Waals surface area contributed by atoms with Gasteiger partial charge in [-0.1, -0.05) is 29.8 Å². The molecular formula is C22H15ClFN3O. The highest BCUT2D eigenvalue weighted by atomic mass is 35.5. The number of benzene rings is 2. The second-order valence-electron chi connectivity index (χ2n) is 6.33. The van der Waals surface area contributed by atoms with Crippen molar-refractivity contribution in [3.8, 4) is 22.9 Å². The molecule has 0 aliphatic heterocycles. The highest BCUT2D eigenvalue weighted by Gasteiger charge is 2.14. The molecule has 0 saturated carbocycles. The first-order valence-corrected chi connectivity index (χ1v) is 8.95. The topological polar surface area (TPSA) is 50.8 Å². The predicted molar refractivity (Wildman–Crippen MR) is 107 cm³/mol. The van der Waals surface area contributed by atoms with E-state index in [1.54, 1.807) is 19.2 Å². The molecule has 0 unspecified atom stereocenters. The fourth-order valence-electron chi connectivity index (χ4n) is 3.17. The summed E-state index contributed by atoms with van der Waals surface area (Å²) in [7, 11) is 1.62. The Balaban J connectivity index is 1.85. The average Bonchev–Trinajstić information content (AvgIpc) is 3.08. The molecule has 0 fully saturated rings. The summed E-state index contributed by atoms with van der Waals surface area (Å²) in [5.41, 5.74) is 3.58. The molecule has 0 radical (unpaired) electrons. The Morgan fingerprint density at radius 1 is 1.14 bits per heavy atom. The summed E-state index contributed by atoms with van der Waals surface area (Å²) in [6, 6.07) is 18.0. The number of methoxy groups -OCH3 is 1. The second kappa shape index (κ2) is 7.34. The van der Waals surface area contributed by atoms with E-state index < -0.39 is 5.82 Å². The van der Waals surface area contributed by atoms with E-state index >= 15 is 0 Å². The highest BCUT2D eigenvalue weighted by molar-refractivity contribution is 6.30. The maximum absolute atomic E-state index is 14.0. The van der Waals surface area contributed by atoms with Gasteiger partial charge in [-0.15, -0.1) is 0 Å². The molecule has 0 N–H and O–H groups in total. The number of nitriles is 1. The number of fused-ring (bicyclic) bond motifs is 1. The molecule has 0 atom stereocenters. The number of pyridine rings is 1. The maximum Gasteiger partial charge on any atom is 0.142 e. The smallest absolute Gasteiger partial charge is 0.142 e. The number of rotatable bonds is 4. The van der Waals surface area contributed by atoms with E-state index in [4.69, 9.17) is 16.3 Å². The summed E-state index contributed by atoms with van der Waals surface area (Å²) in [4.78, 5) is 4.47. The van der Waals surface area contributed by atoms with Crippen LogP contribution in [0.25, 0.3) is 22.2 Å². The number of aromatic nitrogens is 2. The van der Waals surface area contributed by atoms with Gasteiger partial charge >= 0.3 is 0 Å². The van der Waals surface area contributed by atoms with Crippen LogP contribution < -0.4 is 4.74 Å². The lowest BCUT2D eigenvalue weighted by atomic mass is 10.1. The minimum atomic E-state index is -0.475. The zero-order chi connectivity index (χ0) is 19.7. The Morgan fingerprint density at radius 2 is 1.93 bits per heavy atom. The SMILES string of the molecule is COc1ccc(Cn2cc(-c3ccc(Cl)c(F)c3)c3ccc(C#N)nc32)cc1. The normalized spacial score (nSPS) is 10.8. The first-order valence-electron chi connectivity index (χ1n) is 8.57. The average molecular weight is 392 g/mol. The zero-order valence-electron chi connectivity index (χ0n) is 15.0. The summed E-state index contributed by atoms with van der Waals surface area (Å²) in [6.07, 6.45) is 1.92. The number of hydrogen-bond acceptors (Lipinski definition) is 3. The van der Waals surface area contributed by atoms with Gasteiger partial charge in [0.2, 0.25) is 0 Å². The van der Waals surface area contributed by atoms with Crippen LogP contribution >= 0.6 is 11.6 Å². The van der Waals surface area contributed by atoms with Crippen molar-refractivity contribution in [3.05, 3.63) is 82.9 Å². The molecule has 0 saturated heterocycles. The maximum atomic E-state index is 14.0. The van der Waals surface area contributed by atoms with Gasteiger partial charge in [0.15, 0.2) is 0 Å². The van der Waals surface area contributed by atoms with Crippen molar-refractivity contribution in [2.24, 2.45) is 0 Å². The zero-order valence-corrected chi connectivity index (χ0v) is 15.7. The third-order valence-electron chi connectivity index (χ3n) is 4.58. The van der Waals surface area contributed by atoms with Crippen LogP contribution in [-0.2, 0) is 6.54 Å². The Bertz CT molecular complexity index is 1210. The summed E-state index contributed by atoms with van der Waals surface area (Å²) in [5.74, 6) is 0.306. The third kappa shape index (κ3) is 3.30. The molecule has 4 rings (SSSR count). The number of hydrogen-bond donors (Lipinski definition) is 0.